The SMILES string of the molecule is c1ccc(-c2cccc(N3c4ccccc4Sc4ccc(-n5ccc6cccnc65)cc43)n2)nc1. The Hall–Kier alpha value is -4.42. The Bertz CT molecular complexity index is 1690. The van der Waals surface area contributed by atoms with Gasteiger partial charge in [0.25, 0.3) is 0 Å². The standard InChI is InChI=1S/C29H19N5S/c1-2-11-26-24(10-1)34(28-12-5-9-23(32-28)22-8-3-4-16-30-22)25-19-21(13-14-27(25)35-26)33-18-15-20-7-6-17-31-29(20)33/h1-19H. The molecule has 0 unspecified atom stereocenters. The summed E-state index contributed by atoms with van der Waals surface area (Å²) in [6.07, 6.45) is 5.71. The van der Waals surface area contributed by atoms with Crippen LogP contribution in [0.5, 0.6) is 0 Å². The van der Waals surface area contributed by atoms with Crippen LogP contribution < -0.4 is 4.90 Å². The van der Waals surface area contributed by atoms with E-state index < -0.39 is 0 Å². The van der Waals surface area contributed by atoms with Gasteiger partial charge in [-0.3, -0.25) is 9.88 Å². The highest BCUT2D eigenvalue weighted by Gasteiger charge is 2.26. The first-order chi connectivity index (χ1) is 17.3. The maximum Gasteiger partial charge on any atom is 0.144 e. The van der Waals surface area contributed by atoms with E-state index in [9.17, 15) is 0 Å². The van der Waals surface area contributed by atoms with Crippen molar-refractivity contribution in [2.24, 2.45) is 0 Å². The first-order valence-electron chi connectivity index (χ1n) is 11.4. The van der Waals surface area contributed by atoms with Crippen LogP contribution in [-0.2, 0) is 0 Å². The molecule has 5 heterocycles. The molecular weight excluding hydrogens is 450 g/mol. The molecule has 1 aliphatic heterocycles. The highest BCUT2D eigenvalue weighted by atomic mass is 32.2. The van der Waals surface area contributed by atoms with Gasteiger partial charge in [0.05, 0.1) is 22.8 Å². The molecular formula is C29H19N5S. The number of hydrogen-bond acceptors (Lipinski definition) is 5. The van der Waals surface area contributed by atoms with Crippen molar-refractivity contribution < 1.29 is 0 Å². The molecule has 0 atom stereocenters. The lowest BCUT2D eigenvalue weighted by Crippen LogP contribution is -2.16. The van der Waals surface area contributed by atoms with Crippen LogP contribution >= 0.6 is 11.8 Å². The van der Waals surface area contributed by atoms with Gasteiger partial charge in [0.2, 0.25) is 0 Å². The number of aromatic nitrogens is 4. The molecule has 0 amide bonds. The van der Waals surface area contributed by atoms with Crippen molar-refractivity contribution in [2.45, 2.75) is 9.79 Å². The zero-order valence-electron chi connectivity index (χ0n) is 18.6. The highest BCUT2D eigenvalue weighted by molar-refractivity contribution is 7.99. The molecule has 0 radical (unpaired) electrons. The second-order valence-corrected chi connectivity index (χ2v) is 9.34. The summed E-state index contributed by atoms with van der Waals surface area (Å²) in [5.74, 6) is 0.856. The van der Waals surface area contributed by atoms with Crippen molar-refractivity contribution >= 4 is 40.0 Å². The van der Waals surface area contributed by atoms with Gasteiger partial charge in [-0.15, -0.1) is 0 Å². The Morgan fingerprint density at radius 3 is 2.43 bits per heavy atom. The van der Waals surface area contributed by atoms with Gasteiger partial charge < -0.3 is 4.57 Å². The fourth-order valence-electron chi connectivity index (χ4n) is 4.52. The largest absolute Gasteiger partial charge is 0.301 e. The number of para-hydroxylation sites is 1. The maximum atomic E-state index is 5.04. The quantitative estimate of drug-likeness (QED) is 0.269. The van der Waals surface area contributed by atoms with Crippen molar-refractivity contribution in [3.8, 4) is 17.1 Å². The van der Waals surface area contributed by atoms with E-state index in [-0.39, 0.29) is 0 Å². The first kappa shape index (κ1) is 20.0. The third-order valence-corrected chi connectivity index (χ3v) is 7.26. The summed E-state index contributed by atoms with van der Waals surface area (Å²) in [7, 11) is 0. The molecule has 6 aromatic rings. The number of rotatable bonds is 3. The number of hydrogen-bond donors (Lipinski definition) is 0. The average molecular weight is 470 g/mol. The molecule has 5 nitrogen and oxygen atoms in total. The van der Waals surface area contributed by atoms with Gasteiger partial charge in [-0.2, -0.15) is 0 Å². The number of anilines is 3. The molecule has 0 aliphatic carbocycles. The summed E-state index contributed by atoms with van der Waals surface area (Å²) >= 11 is 1.78. The van der Waals surface area contributed by atoms with Crippen LogP contribution in [0.2, 0.25) is 0 Å². The topological polar surface area (TPSA) is 46.8 Å². The van der Waals surface area contributed by atoms with E-state index in [4.69, 9.17) is 4.98 Å². The number of nitrogens with zero attached hydrogens (tertiary/aromatic N) is 5. The van der Waals surface area contributed by atoms with E-state index >= 15 is 0 Å². The van der Waals surface area contributed by atoms with E-state index in [1.54, 1.807) is 18.0 Å². The summed E-state index contributed by atoms with van der Waals surface area (Å²) in [6, 6.07) is 33.2. The van der Waals surface area contributed by atoms with Crippen LogP contribution in [0.1, 0.15) is 0 Å². The molecule has 7 rings (SSSR count). The molecule has 166 valence electrons. The minimum atomic E-state index is 0.845. The highest BCUT2D eigenvalue weighted by Crippen LogP contribution is 2.51. The summed E-state index contributed by atoms with van der Waals surface area (Å²) in [5, 5.41) is 1.12. The lowest BCUT2D eigenvalue weighted by atomic mass is 10.2. The third-order valence-electron chi connectivity index (χ3n) is 6.13. The summed E-state index contributed by atoms with van der Waals surface area (Å²) in [6.45, 7) is 0. The van der Waals surface area contributed by atoms with Crippen molar-refractivity contribution in [3.63, 3.8) is 0 Å². The summed E-state index contributed by atoms with van der Waals surface area (Å²) in [5.41, 5.74) is 5.91. The van der Waals surface area contributed by atoms with Gasteiger partial charge in [0.15, 0.2) is 0 Å². The van der Waals surface area contributed by atoms with Crippen molar-refractivity contribution in [3.05, 3.63) is 116 Å². The normalized spacial score (nSPS) is 12.4. The fraction of sp³-hybridized carbons (Fsp3) is 0. The van der Waals surface area contributed by atoms with Crippen LogP contribution in [0, 0.1) is 0 Å². The Morgan fingerprint density at radius 2 is 1.49 bits per heavy atom. The number of benzene rings is 2. The predicted octanol–water partition coefficient (Wildman–Crippen LogP) is 7.42. The van der Waals surface area contributed by atoms with Gasteiger partial charge in [-0.1, -0.05) is 36.0 Å². The van der Waals surface area contributed by atoms with Gasteiger partial charge in [-0.25, -0.2) is 9.97 Å². The second-order valence-electron chi connectivity index (χ2n) is 8.26. The van der Waals surface area contributed by atoms with Crippen LogP contribution in [0.3, 0.4) is 0 Å². The van der Waals surface area contributed by atoms with Gasteiger partial charge in [-0.05, 0) is 72.8 Å². The van der Waals surface area contributed by atoms with Crippen LogP contribution in [0.4, 0.5) is 17.2 Å². The molecule has 1 aliphatic rings. The van der Waals surface area contributed by atoms with E-state index in [0.717, 1.165) is 45.3 Å². The van der Waals surface area contributed by atoms with Crippen LogP contribution in [0.15, 0.2) is 125 Å². The Balaban J connectivity index is 1.42. The summed E-state index contributed by atoms with van der Waals surface area (Å²) < 4.78 is 2.14. The fourth-order valence-corrected chi connectivity index (χ4v) is 5.56. The van der Waals surface area contributed by atoms with E-state index in [2.05, 4.69) is 86.3 Å². The Labute approximate surface area is 206 Å². The Kier molecular flexibility index (Phi) is 4.63. The van der Waals surface area contributed by atoms with Crippen molar-refractivity contribution in [1.82, 2.24) is 19.5 Å². The Morgan fingerprint density at radius 1 is 0.629 bits per heavy atom. The minimum absolute atomic E-state index is 0.845. The molecule has 0 N–H and O–H groups in total. The third kappa shape index (κ3) is 3.38. The molecule has 4 aromatic heterocycles. The molecule has 0 spiro atoms. The van der Waals surface area contributed by atoms with Crippen LogP contribution in [0.25, 0.3) is 28.1 Å². The predicted molar refractivity (Wildman–Crippen MR) is 141 cm³/mol. The van der Waals surface area contributed by atoms with Gasteiger partial charge in [0, 0.05) is 39.5 Å². The minimum Gasteiger partial charge on any atom is -0.301 e. The molecule has 0 saturated carbocycles. The maximum absolute atomic E-state index is 5.04. The average Bonchev–Trinajstić information content (AvgIpc) is 3.36. The molecule has 0 bridgehead atoms. The monoisotopic (exact) mass is 469 g/mol. The molecule has 0 saturated heterocycles. The zero-order chi connectivity index (χ0) is 23.2. The number of pyridine rings is 3. The molecule has 6 heteroatoms. The van der Waals surface area contributed by atoms with Gasteiger partial charge >= 0.3 is 0 Å². The lowest BCUT2D eigenvalue weighted by Gasteiger charge is -2.32. The smallest absolute Gasteiger partial charge is 0.144 e. The van der Waals surface area contributed by atoms with Gasteiger partial charge in [0.1, 0.15) is 11.5 Å². The van der Waals surface area contributed by atoms with E-state index in [1.165, 1.54) is 9.79 Å². The molecule has 35 heavy (non-hydrogen) atoms. The molecule has 2 aromatic carbocycles. The van der Waals surface area contributed by atoms with E-state index in [0.29, 0.717) is 0 Å². The first-order valence-corrected chi connectivity index (χ1v) is 12.2. The summed E-state index contributed by atoms with van der Waals surface area (Å²) in [4.78, 5) is 18.8. The second kappa shape index (κ2) is 8.11. The number of fused-ring (bicyclic) bond motifs is 3. The van der Waals surface area contributed by atoms with E-state index in [1.807, 2.05) is 42.6 Å². The van der Waals surface area contributed by atoms with Crippen LogP contribution in [-0.4, -0.2) is 19.5 Å². The zero-order valence-corrected chi connectivity index (χ0v) is 19.4. The van der Waals surface area contributed by atoms with Crippen molar-refractivity contribution in [2.75, 3.05) is 4.90 Å². The van der Waals surface area contributed by atoms with Crippen molar-refractivity contribution in [1.29, 1.82) is 0 Å². The molecule has 0 fully saturated rings. The lowest BCUT2D eigenvalue weighted by molar-refractivity contribution is 1.06.